The summed E-state index contributed by atoms with van der Waals surface area (Å²) in [7, 11) is 0. The Bertz CT molecular complexity index is 1110. The standard InChI is InChI=1S/C22H15F2NO3S/c23-16-9-8-14(11-17(16)24)20(26)18-19(13-5-2-1-3-6-13)25(22(28)21(18)27)12-15-7-4-10-29-15/h1-11,19,26H,12H2/b20-18+. The monoisotopic (exact) mass is 411 g/mol. The SMILES string of the molecule is O=C1C(=O)N(Cc2cccs2)C(c2ccccc2)/C1=C(\O)c1ccc(F)c(F)c1. The predicted octanol–water partition coefficient (Wildman–Crippen LogP) is 4.65. The number of carbonyl (C=O) groups is 2. The Kier molecular flexibility index (Phi) is 4.98. The normalized spacial score (nSPS) is 18.4. The molecule has 4 nitrogen and oxygen atoms in total. The average molecular weight is 411 g/mol. The van der Waals surface area contributed by atoms with E-state index < -0.39 is 35.1 Å². The molecule has 0 spiro atoms. The number of halogens is 2. The number of hydrogen-bond donors (Lipinski definition) is 1. The van der Waals surface area contributed by atoms with Crippen LogP contribution >= 0.6 is 11.3 Å². The summed E-state index contributed by atoms with van der Waals surface area (Å²) in [4.78, 5) is 27.9. The first-order valence-corrected chi connectivity index (χ1v) is 9.66. The number of ketones is 1. The predicted molar refractivity (Wildman–Crippen MR) is 105 cm³/mol. The lowest BCUT2D eigenvalue weighted by molar-refractivity contribution is -0.140. The molecular weight excluding hydrogens is 396 g/mol. The number of likely N-dealkylation sites (tertiary alicyclic amines) is 1. The third-order valence-corrected chi connectivity index (χ3v) is 5.62. The molecule has 1 atom stereocenters. The van der Waals surface area contributed by atoms with E-state index in [2.05, 4.69) is 0 Å². The number of amides is 1. The third kappa shape index (κ3) is 3.45. The maximum Gasteiger partial charge on any atom is 0.295 e. The van der Waals surface area contributed by atoms with Crippen LogP contribution in [0.2, 0.25) is 0 Å². The van der Waals surface area contributed by atoms with Crippen LogP contribution in [0, 0.1) is 11.6 Å². The van der Waals surface area contributed by atoms with Crippen LogP contribution in [0.15, 0.2) is 71.6 Å². The zero-order chi connectivity index (χ0) is 20.5. The fourth-order valence-electron chi connectivity index (χ4n) is 3.39. The van der Waals surface area contributed by atoms with Crippen molar-refractivity contribution in [3.05, 3.63) is 99.3 Å². The molecule has 2 heterocycles. The van der Waals surface area contributed by atoms with E-state index in [0.29, 0.717) is 5.56 Å². The lowest BCUT2D eigenvalue weighted by Crippen LogP contribution is -2.28. The van der Waals surface area contributed by atoms with Gasteiger partial charge in [0.15, 0.2) is 11.6 Å². The third-order valence-electron chi connectivity index (χ3n) is 4.75. The van der Waals surface area contributed by atoms with Crippen LogP contribution in [0.3, 0.4) is 0 Å². The van der Waals surface area contributed by atoms with Crippen LogP contribution in [0.25, 0.3) is 5.76 Å². The first-order chi connectivity index (χ1) is 14.0. The molecule has 0 aliphatic carbocycles. The minimum atomic E-state index is -1.15. The molecule has 0 bridgehead atoms. The zero-order valence-electron chi connectivity index (χ0n) is 15.0. The second-order valence-corrected chi connectivity index (χ2v) is 7.58. The van der Waals surface area contributed by atoms with Gasteiger partial charge in [-0.15, -0.1) is 11.3 Å². The number of benzene rings is 2. The Labute approximate surface area is 169 Å². The van der Waals surface area contributed by atoms with Gasteiger partial charge < -0.3 is 10.0 Å². The summed E-state index contributed by atoms with van der Waals surface area (Å²) in [5.74, 6) is -4.38. The Morgan fingerprint density at radius 1 is 1.00 bits per heavy atom. The van der Waals surface area contributed by atoms with Gasteiger partial charge in [0.1, 0.15) is 5.76 Å². The average Bonchev–Trinajstić information content (AvgIpc) is 3.32. The molecule has 0 radical (unpaired) electrons. The molecule has 1 aromatic heterocycles. The van der Waals surface area contributed by atoms with E-state index in [0.717, 1.165) is 17.0 Å². The van der Waals surface area contributed by atoms with Gasteiger partial charge in [-0.05, 0) is 35.2 Å². The minimum absolute atomic E-state index is 0.0704. The summed E-state index contributed by atoms with van der Waals surface area (Å²) < 4.78 is 27.0. The maximum atomic E-state index is 13.7. The molecule has 3 aromatic rings. The molecule has 0 saturated carbocycles. The number of carbonyl (C=O) groups excluding carboxylic acids is 2. The molecule has 1 N–H and O–H groups in total. The van der Waals surface area contributed by atoms with Crippen LogP contribution in [-0.4, -0.2) is 21.7 Å². The molecule has 4 rings (SSSR count). The van der Waals surface area contributed by atoms with E-state index in [-0.39, 0.29) is 17.7 Å². The summed E-state index contributed by atoms with van der Waals surface area (Å²) in [6.45, 7) is 0.191. The van der Waals surface area contributed by atoms with Crippen molar-refractivity contribution in [3.8, 4) is 0 Å². The van der Waals surface area contributed by atoms with E-state index in [4.69, 9.17) is 0 Å². The first-order valence-electron chi connectivity index (χ1n) is 8.78. The quantitative estimate of drug-likeness (QED) is 0.386. The van der Waals surface area contributed by atoms with Gasteiger partial charge >= 0.3 is 0 Å². The molecule has 1 unspecified atom stereocenters. The van der Waals surface area contributed by atoms with E-state index >= 15 is 0 Å². The molecule has 7 heteroatoms. The Morgan fingerprint density at radius 2 is 1.76 bits per heavy atom. The topological polar surface area (TPSA) is 57.6 Å². The highest BCUT2D eigenvalue weighted by Crippen LogP contribution is 2.40. The van der Waals surface area contributed by atoms with Crippen LogP contribution in [0.1, 0.15) is 22.0 Å². The fourth-order valence-corrected chi connectivity index (χ4v) is 4.10. The van der Waals surface area contributed by atoms with Gasteiger partial charge in [0.25, 0.3) is 11.7 Å². The second-order valence-electron chi connectivity index (χ2n) is 6.55. The van der Waals surface area contributed by atoms with Crippen molar-refractivity contribution < 1.29 is 23.5 Å². The Balaban J connectivity index is 1.87. The van der Waals surface area contributed by atoms with Crippen LogP contribution in [-0.2, 0) is 16.1 Å². The largest absolute Gasteiger partial charge is 0.507 e. The van der Waals surface area contributed by atoms with Crippen molar-refractivity contribution >= 4 is 28.8 Å². The molecule has 1 aliphatic rings. The van der Waals surface area contributed by atoms with Crippen molar-refractivity contribution in [1.82, 2.24) is 4.90 Å². The molecule has 1 amide bonds. The van der Waals surface area contributed by atoms with Gasteiger partial charge in [-0.3, -0.25) is 9.59 Å². The van der Waals surface area contributed by atoms with E-state index in [9.17, 15) is 23.5 Å². The van der Waals surface area contributed by atoms with Gasteiger partial charge in [-0.2, -0.15) is 0 Å². The number of Topliss-reactive ketones (excluding diaryl/α,β-unsaturated/α-hetero) is 1. The highest BCUT2D eigenvalue weighted by Gasteiger charge is 2.46. The van der Waals surface area contributed by atoms with Crippen molar-refractivity contribution in [2.75, 3.05) is 0 Å². The Hall–Kier alpha value is -3.32. The molecule has 146 valence electrons. The highest BCUT2D eigenvalue weighted by atomic mass is 32.1. The van der Waals surface area contributed by atoms with Gasteiger partial charge in [-0.1, -0.05) is 36.4 Å². The van der Waals surface area contributed by atoms with Crippen molar-refractivity contribution in [2.24, 2.45) is 0 Å². The molecule has 1 saturated heterocycles. The lowest BCUT2D eigenvalue weighted by atomic mass is 9.95. The molecule has 2 aromatic carbocycles. The maximum absolute atomic E-state index is 13.7. The summed E-state index contributed by atoms with van der Waals surface area (Å²) in [6.07, 6.45) is 0. The zero-order valence-corrected chi connectivity index (χ0v) is 15.8. The minimum Gasteiger partial charge on any atom is -0.507 e. The number of rotatable bonds is 4. The number of nitrogens with zero attached hydrogens (tertiary/aromatic N) is 1. The van der Waals surface area contributed by atoms with Gasteiger partial charge in [0.2, 0.25) is 0 Å². The van der Waals surface area contributed by atoms with Crippen molar-refractivity contribution in [3.63, 3.8) is 0 Å². The summed E-state index contributed by atoms with van der Waals surface area (Å²) in [5.41, 5.74) is 0.412. The van der Waals surface area contributed by atoms with Crippen molar-refractivity contribution in [2.45, 2.75) is 12.6 Å². The van der Waals surface area contributed by atoms with E-state index in [1.165, 1.54) is 22.3 Å². The van der Waals surface area contributed by atoms with Gasteiger partial charge in [-0.25, -0.2) is 8.78 Å². The fraction of sp³-hybridized carbons (Fsp3) is 0.0909. The molecule has 1 fully saturated rings. The number of thiophene rings is 1. The molecule has 29 heavy (non-hydrogen) atoms. The van der Waals surface area contributed by atoms with Gasteiger partial charge in [0.05, 0.1) is 18.2 Å². The number of aliphatic hydroxyl groups is 1. The summed E-state index contributed by atoms with van der Waals surface area (Å²) in [6, 6.07) is 14.5. The first kappa shape index (κ1) is 19.0. The van der Waals surface area contributed by atoms with E-state index in [1.807, 2.05) is 17.5 Å². The van der Waals surface area contributed by atoms with Crippen LogP contribution in [0.4, 0.5) is 8.78 Å². The molecule has 1 aliphatic heterocycles. The lowest BCUT2D eigenvalue weighted by Gasteiger charge is -2.24. The Morgan fingerprint density at radius 3 is 2.41 bits per heavy atom. The second kappa shape index (κ2) is 7.60. The highest BCUT2D eigenvalue weighted by molar-refractivity contribution is 7.09. The number of hydrogen-bond acceptors (Lipinski definition) is 4. The summed E-state index contributed by atoms with van der Waals surface area (Å²) >= 11 is 1.44. The van der Waals surface area contributed by atoms with Crippen molar-refractivity contribution in [1.29, 1.82) is 0 Å². The smallest absolute Gasteiger partial charge is 0.295 e. The number of aliphatic hydroxyl groups excluding tert-OH is 1. The van der Waals surface area contributed by atoms with E-state index in [1.54, 1.807) is 30.3 Å². The van der Waals surface area contributed by atoms with Crippen LogP contribution in [0.5, 0.6) is 0 Å². The molecular formula is C22H15F2NO3S. The van der Waals surface area contributed by atoms with Gasteiger partial charge in [0, 0.05) is 10.4 Å². The van der Waals surface area contributed by atoms with Crippen LogP contribution < -0.4 is 0 Å². The summed E-state index contributed by atoms with van der Waals surface area (Å²) in [5, 5.41) is 12.7.